The third kappa shape index (κ3) is 6.96. The predicted molar refractivity (Wildman–Crippen MR) is 151 cm³/mol. The van der Waals surface area contributed by atoms with E-state index < -0.39 is 6.04 Å². The Morgan fingerprint density at radius 2 is 1.61 bits per heavy atom. The van der Waals surface area contributed by atoms with E-state index in [2.05, 4.69) is 29.1 Å². The number of hydrogen-bond acceptors (Lipinski definition) is 4. The molecule has 0 saturated carbocycles. The van der Waals surface area contributed by atoms with Gasteiger partial charge in [-0.2, -0.15) is 0 Å². The number of para-hydroxylation sites is 2. The highest BCUT2D eigenvalue weighted by atomic mass is 16.2. The first kappa shape index (κ1) is 26.0. The Hall–Kier alpha value is -4.58. The number of hydrogen-bond donors (Lipinski definition) is 4. The predicted octanol–water partition coefficient (Wildman–Crippen LogP) is 5.88. The lowest BCUT2D eigenvalue weighted by molar-refractivity contribution is -0.122. The van der Waals surface area contributed by atoms with Gasteiger partial charge < -0.3 is 21.7 Å². The highest BCUT2D eigenvalue weighted by molar-refractivity contribution is 6.03. The lowest BCUT2D eigenvalue weighted by Gasteiger charge is -2.22. The monoisotopic (exact) mass is 480 g/mol. The number of carbonyl (C=O) groups is 2. The van der Waals surface area contributed by atoms with Crippen molar-refractivity contribution in [2.75, 3.05) is 16.4 Å². The average Bonchev–Trinajstić information content (AvgIpc) is 2.87. The van der Waals surface area contributed by atoms with Crippen LogP contribution in [-0.2, 0) is 9.59 Å². The fourth-order valence-corrected chi connectivity index (χ4v) is 3.62. The SMILES string of the molecule is C=Cc1ccc(NC(C(=O)NC(C)C)c2ccc(/C=C/C(=O)Nc3ccccc3N)cc2)cc1C=C. The van der Waals surface area contributed by atoms with Crippen molar-refractivity contribution in [1.29, 1.82) is 0 Å². The summed E-state index contributed by atoms with van der Waals surface area (Å²) in [7, 11) is 0. The zero-order chi connectivity index (χ0) is 26.1. The van der Waals surface area contributed by atoms with E-state index in [9.17, 15) is 9.59 Å². The van der Waals surface area contributed by atoms with Gasteiger partial charge in [-0.15, -0.1) is 0 Å². The summed E-state index contributed by atoms with van der Waals surface area (Å²) in [5.41, 5.74) is 11.2. The third-order valence-electron chi connectivity index (χ3n) is 5.45. The summed E-state index contributed by atoms with van der Waals surface area (Å²) >= 11 is 0. The van der Waals surface area contributed by atoms with Crippen molar-refractivity contribution in [3.8, 4) is 0 Å². The molecule has 0 saturated heterocycles. The lowest BCUT2D eigenvalue weighted by atomic mass is 10.0. The molecule has 0 aliphatic heterocycles. The lowest BCUT2D eigenvalue weighted by Crippen LogP contribution is -2.37. The molecule has 1 unspecified atom stereocenters. The van der Waals surface area contributed by atoms with Crippen LogP contribution in [0.3, 0.4) is 0 Å². The van der Waals surface area contributed by atoms with E-state index in [-0.39, 0.29) is 17.9 Å². The Kier molecular flexibility index (Phi) is 8.84. The molecule has 0 radical (unpaired) electrons. The van der Waals surface area contributed by atoms with Crippen molar-refractivity contribution in [3.63, 3.8) is 0 Å². The molecule has 6 heteroatoms. The molecule has 0 heterocycles. The molecule has 0 bridgehead atoms. The highest BCUT2D eigenvalue weighted by Gasteiger charge is 2.21. The molecule has 3 aromatic rings. The van der Waals surface area contributed by atoms with Crippen LogP contribution >= 0.6 is 0 Å². The highest BCUT2D eigenvalue weighted by Crippen LogP contribution is 2.24. The van der Waals surface area contributed by atoms with E-state index in [1.807, 2.05) is 56.3 Å². The van der Waals surface area contributed by atoms with Crippen LogP contribution in [0, 0.1) is 0 Å². The van der Waals surface area contributed by atoms with E-state index in [1.54, 1.807) is 42.5 Å². The van der Waals surface area contributed by atoms with E-state index in [0.717, 1.165) is 27.9 Å². The van der Waals surface area contributed by atoms with Gasteiger partial charge in [0, 0.05) is 17.8 Å². The molecular formula is C30H32N4O2. The van der Waals surface area contributed by atoms with Gasteiger partial charge in [0.25, 0.3) is 0 Å². The van der Waals surface area contributed by atoms with Gasteiger partial charge in [0.15, 0.2) is 0 Å². The van der Waals surface area contributed by atoms with Crippen LogP contribution in [-0.4, -0.2) is 17.9 Å². The average molecular weight is 481 g/mol. The Bertz CT molecular complexity index is 1280. The number of benzene rings is 3. The van der Waals surface area contributed by atoms with Crippen LogP contribution < -0.4 is 21.7 Å². The number of nitrogen functional groups attached to an aromatic ring is 1. The third-order valence-corrected chi connectivity index (χ3v) is 5.45. The zero-order valence-corrected chi connectivity index (χ0v) is 20.6. The molecule has 0 aliphatic rings. The number of rotatable bonds is 10. The van der Waals surface area contributed by atoms with Crippen molar-refractivity contribution in [2.24, 2.45) is 0 Å². The van der Waals surface area contributed by atoms with Crippen molar-refractivity contribution in [1.82, 2.24) is 5.32 Å². The van der Waals surface area contributed by atoms with Crippen molar-refractivity contribution in [2.45, 2.75) is 25.9 Å². The number of carbonyl (C=O) groups excluding carboxylic acids is 2. The molecule has 5 N–H and O–H groups in total. The molecule has 36 heavy (non-hydrogen) atoms. The largest absolute Gasteiger partial charge is 0.397 e. The van der Waals surface area contributed by atoms with E-state index in [1.165, 1.54) is 6.08 Å². The normalized spacial score (nSPS) is 11.6. The molecule has 0 spiro atoms. The fraction of sp³-hybridized carbons (Fsp3) is 0.133. The summed E-state index contributed by atoms with van der Waals surface area (Å²) in [4.78, 5) is 25.3. The number of nitrogens with one attached hydrogen (secondary N) is 3. The molecule has 184 valence electrons. The number of amides is 2. The van der Waals surface area contributed by atoms with Gasteiger partial charge in [-0.25, -0.2) is 0 Å². The minimum Gasteiger partial charge on any atom is -0.397 e. The van der Waals surface area contributed by atoms with Gasteiger partial charge in [-0.1, -0.05) is 67.8 Å². The minimum absolute atomic E-state index is 0.00644. The summed E-state index contributed by atoms with van der Waals surface area (Å²) in [5.74, 6) is -0.421. The number of anilines is 3. The molecule has 3 rings (SSSR count). The van der Waals surface area contributed by atoms with Crippen LogP contribution in [0.5, 0.6) is 0 Å². The van der Waals surface area contributed by atoms with E-state index in [0.29, 0.717) is 11.4 Å². The smallest absolute Gasteiger partial charge is 0.248 e. The van der Waals surface area contributed by atoms with Gasteiger partial charge in [-0.05, 0) is 66.4 Å². The summed E-state index contributed by atoms with van der Waals surface area (Å²) in [6.07, 6.45) is 6.68. The van der Waals surface area contributed by atoms with Crippen LogP contribution in [0.4, 0.5) is 17.1 Å². The topological polar surface area (TPSA) is 96.2 Å². The zero-order valence-electron chi connectivity index (χ0n) is 20.6. The second kappa shape index (κ2) is 12.2. The van der Waals surface area contributed by atoms with Crippen LogP contribution in [0.15, 0.2) is 86.0 Å². The Labute approximate surface area is 212 Å². The van der Waals surface area contributed by atoms with Crippen molar-refractivity contribution in [3.05, 3.63) is 108 Å². The molecule has 0 aliphatic carbocycles. The Morgan fingerprint density at radius 1 is 0.917 bits per heavy atom. The standard InChI is InChI=1S/C30H32N4O2/c1-5-22-16-17-25(19-23(22)6-2)33-29(30(36)32-20(3)4)24-14-11-21(12-15-24)13-18-28(35)34-27-10-8-7-9-26(27)31/h5-20,29,33H,1-2,31H2,3-4H3,(H,32,36)(H,34,35)/b18-13+. The molecule has 3 aromatic carbocycles. The molecule has 0 aromatic heterocycles. The maximum Gasteiger partial charge on any atom is 0.248 e. The van der Waals surface area contributed by atoms with Crippen LogP contribution in [0.1, 0.15) is 42.1 Å². The summed E-state index contributed by atoms with van der Waals surface area (Å²) in [6.45, 7) is 11.5. The second-order valence-electron chi connectivity index (χ2n) is 8.57. The molecule has 1 atom stereocenters. The molecule has 0 fully saturated rings. The first-order valence-electron chi connectivity index (χ1n) is 11.7. The summed E-state index contributed by atoms with van der Waals surface area (Å²) in [5, 5.41) is 9.08. The maximum absolute atomic E-state index is 13.1. The molecular weight excluding hydrogens is 448 g/mol. The van der Waals surface area contributed by atoms with Crippen molar-refractivity contribution < 1.29 is 9.59 Å². The van der Waals surface area contributed by atoms with Crippen LogP contribution in [0.25, 0.3) is 18.2 Å². The molecule has 2 amide bonds. The van der Waals surface area contributed by atoms with Gasteiger partial charge in [0.2, 0.25) is 11.8 Å². The quantitative estimate of drug-likeness (QED) is 0.215. The Balaban J connectivity index is 1.78. The first-order chi connectivity index (χ1) is 17.3. The minimum atomic E-state index is -0.609. The Morgan fingerprint density at radius 3 is 2.25 bits per heavy atom. The van der Waals surface area contributed by atoms with E-state index >= 15 is 0 Å². The van der Waals surface area contributed by atoms with Gasteiger partial charge >= 0.3 is 0 Å². The fourth-order valence-electron chi connectivity index (χ4n) is 3.62. The van der Waals surface area contributed by atoms with E-state index in [4.69, 9.17) is 5.73 Å². The van der Waals surface area contributed by atoms with Crippen molar-refractivity contribution >= 4 is 47.1 Å². The first-order valence-corrected chi connectivity index (χ1v) is 11.7. The van der Waals surface area contributed by atoms with Gasteiger partial charge in [0.1, 0.15) is 6.04 Å². The molecule has 6 nitrogen and oxygen atoms in total. The second-order valence-corrected chi connectivity index (χ2v) is 8.57. The number of nitrogens with two attached hydrogens (primary N) is 1. The van der Waals surface area contributed by atoms with Gasteiger partial charge in [0.05, 0.1) is 11.4 Å². The van der Waals surface area contributed by atoms with Crippen LogP contribution in [0.2, 0.25) is 0 Å². The summed E-state index contributed by atoms with van der Waals surface area (Å²) in [6, 6.07) is 19.7. The summed E-state index contributed by atoms with van der Waals surface area (Å²) < 4.78 is 0. The van der Waals surface area contributed by atoms with Gasteiger partial charge in [-0.3, -0.25) is 9.59 Å². The maximum atomic E-state index is 13.1.